The van der Waals surface area contributed by atoms with Crippen LogP contribution in [0.25, 0.3) is 0 Å². The minimum Gasteiger partial charge on any atom is -0.322 e. The van der Waals surface area contributed by atoms with Crippen molar-refractivity contribution in [3.63, 3.8) is 0 Å². The third-order valence-electron chi connectivity index (χ3n) is 2.74. The molecule has 0 fully saturated rings. The predicted molar refractivity (Wildman–Crippen MR) is 92.6 cm³/mol. The van der Waals surface area contributed by atoms with Crippen molar-refractivity contribution in [2.24, 2.45) is 0 Å². The van der Waals surface area contributed by atoms with Crippen molar-refractivity contribution in [2.45, 2.75) is 72.1 Å². The Hall–Kier alpha value is 0.920. The monoisotopic (exact) mass is 326 g/mol. The molecule has 0 heterocycles. The molecule has 116 valence electrons. The molecule has 0 aromatic rings. The summed E-state index contributed by atoms with van der Waals surface area (Å²) < 4.78 is 11.9. The van der Waals surface area contributed by atoms with Crippen molar-refractivity contribution in [3.8, 4) is 0 Å². The van der Waals surface area contributed by atoms with Gasteiger partial charge >= 0.3 is 0 Å². The van der Waals surface area contributed by atoms with E-state index in [2.05, 4.69) is 20.8 Å². The van der Waals surface area contributed by atoms with Gasteiger partial charge in [-0.3, -0.25) is 0 Å². The molecule has 0 aromatic carbocycles. The van der Waals surface area contributed by atoms with Crippen LogP contribution in [-0.2, 0) is 20.9 Å². The van der Waals surface area contributed by atoms with Crippen molar-refractivity contribution in [1.29, 1.82) is 0 Å². The molecule has 0 bridgehead atoms. The van der Waals surface area contributed by atoms with Gasteiger partial charge in [0.15, 0.2) is 0 Å². The standard InChI is InChI=1S/C14H31O2PS2/c1-4-7-10-12-15-17(18,19-14-9-6-3)16-13-11-8-5-2/h4-14H2,1-3H3. The van der Waals surface area contributed by atoms with Gasteiger partial charge < -0.3 is 9.05 Å². The quantitative estimate of drug-likeness (QED) is 0.281. The summed E-state index contributed by atoms with van der Waals surface area (Å²) in [6.45, 7) is 8.13. The van der Waals surface area contributed by atoms with Crippen LogP contribution in [0.5, 0.6) is 0 Å². The fraction of sp³-hybridized carbons (Fsp3) is 1.00. The van der Waals surface area contributed by atoms with Crippen LogP contribution >= 0.6 is 17.1 Å². The van der Waals surface area contributed by atoms with Crippen molar-refractivity contribution in [3.05, 3.63) is 0 Å². The van der Waals surface area contributed by atoms with Crippen LogP contribution in [0.15, 0.2) is 0 Å². The molecule has 19 heavy (non-hydrogen) atoms. The highest BCUT2D eigenvalue weighted by Gasteiger charge is 2.19. The second kappa shape index (κ2) is 13.9. The molecule has 0 atom stereocenters. The topological polar surface area (TPSA) is 18.5 Å². The highest BCUT2D eigenvalue weighted by molar-refractivity contribution is 8.67. The van der Waals surface area contributed by atoms with E-state index in [1.165, 1.54) is 38.5 Å². The van der Waals surface area contributed by atoms with Crippen molar-refractivity contribution in [1.82, 2.24) is 0 Å². The zero-order valence-corrected chi connectivity index (χ0v) is 15.4. The van der Waals surface area contributed by atoms with Crippen LogP contribution in [0.3, 0.4) is 0 Å². The van der Waals surface area contributed by atoms with Crippen LogP contribution in [-0.4, -0.2) is 19.0 Å². The minimum absolute atomic E-state index is 0.762. The number of rotatable bonds is 14. The van der Waals surface area contributed by atoms with Gasteiger partial charge in [0.05, 0.1) is 13.2 Å². The lowest BCUT2D eigenvalue weighted by molar-refractivity contribution is 0.250. The van der Waals surface area contributed by atoms with E-state index in [1.54, 1.807) is 11.4 Å². The smallest absolute Gasteiger partial charge is 0.247 e. The molecule has 0 N–H and O–H groups in total. The Morgan fingerprint density at radius 3 is 1.68 bits per heavy atom. The molecule has 0 aliphatic carbocycles. The highest BCUT2D eigenvalue weighted by atomic mass is 32.9. The molecule has 0 unspecified atom stereocenters. The molecule has 0 spiro atoms. The van der Waals surface area contributed by atoms with E-state index in [1.807, 2.05) is 0 Å². The van der Waals surface area contributed by atoms with E-state index in [4.69, 9.17) is 20.9 Å². The SMILES string of the molecule is CCCCCOP(=S)(OCCCCC)SCCCC. The molecular formula is C14H31O2PS2. The molecule has 0 saturated carbocycles. The van der Waals surface area contributed by atoms with Gasteiger partial charge in [-0.2, -0.15) is 0 Å². The molecule has 0 aliphatic heterocycles. The fourth-order valence-electron chi connectivity index (χ4n) is 1.49. The summed E-state index contributed by atoms with van der Waals surface area (Å²) in [4.78, 5) is 0. The van der Waals surface area contributed by atoms with Gasteiger partial charge in [-0.05, 0) is 31.1 Å². The van der Waals surface area contributed by atoms with Crippen LogP contribution in [0.1, 0.15) is 72.1 Å². The molecule has 0 amide bonds. The summed E-state index contributed by atoms with van der Waals surface area (Å²) in [7, 11) is 0. The molecular weight excluding hydrogens is 295 g/mol. The molecule has 0 aromatic heterocycles. The first-order chi connectivity index (χ1) is 9.18. The number of unbranched alkanes of at least 4 members (excludes halogenated alkanes) is 5. The van der Waals surface area contributed by atoms with Gasteiger partial charge in [0.1, 0.15) is 0 Å². The van der Waals surface area contributed by atoms with Crippen LogP contribution < -0.4 is 0 Å². The van der Waals surface area contributed by atoms with Crippen LogP contribution in [0.4, 0.5) is 0 Å². The molecule has 0 rings (SSSR count). The second-order valence-corrected chi connectivity index (χ2v) is 11.1. The van der Waals surface area contributed by atoms with Gasteiger partial charge in [-0.25, -0.2) is 0 Å². The van der Waals surface area contributed by atoms with Crippen molar-refractivity contribution in [2.75, 3.05) is 19.0 Å². The lowest BCUT2D eigenvalue weighted by atomic mass is 10.3. The zero-order chi connectivity index (χ0) is 14.4. The first kappa shape index (κ1) is 19.9. The first-order valence-corrected chi connectivity index (χ1v) is 11.9. The Kier molecular flexibility index (Phi) is 14.6. The lowest BCUT2D eigenvalue weighted by Crippen LogP contribution is -1.98. The summed E-state index contributed by atoms with van der Waals surface area (Å²) in [5.41, 5.74) is -2.08. The number of hydrogen-bond acceptors (Lipinski definition) is 4. The Labute approximate surface area is 129 Å². The predicted octanol–water partition coefficient (Wildman–Crippen LogP) is 6.16. The highest BCUT2D eigenvalue weighted by Crippen LogP contribution is 2.61. The maximum Gasteiger partial charge on any atom is 0.247 e. The van der Waals surface area contributed by atoms with Gasteiger partial charge in [0, 0.05) is 5.75 Å². The van der Waals surface area contributed by atoms with Crippen LogP contribution in [0.2, 0.25) is 0 Å². The summed E-state index contributed by atoms with van der Waals surface area (Å²) >= 11 is 7.39. The molecule has 0 saturated heterocycles. The maximum absolute atomic E-state index is 5.93. The van der Waals surface area contributed by atoms with Crippen molar-refractivity contribution >= 4 is 28.9 Å². The van der Waals surface area contributed by atoms with E-state index < -0.39 is 5.69 Å². The summed E-state index contributed by atoms with van der Waals surface area (Å²) in [5.74, 6) is 1.06. The fourth-order valence-corrected chi connectivity index (χ4v) is 6.13. The molecule has 0 aliphatic rings. The summed E-state index contributed by atoms with van der Waals surface area (Å²) in [6.07, 6.45) is 9.45. The largest absolute Gasteiger partial charge is 0.322 e. The Morgan fingerprint density at radius 2 is 1.26 bits per heavy atom. The zero-order valence-electron chi connectivity index (χ0n) is 12.9. The van der Waals surface area contributed by atoms with E-state index in [-0.39, 0.29) is 0 Å². The normalized spacial score (nSPS) is 11.9. The van der Waals surface area contributed by atoms with E-state index in [9.17, 15) is 0 Å². The molecule has 2 nitrogen and oxygen atoms in total. The molecule has 5 heteroatoms. The van der Waals surface area contributed by atoms with Crippen molar-refractivity contribution < 1.29 is 9.05 Å². The van der Waals surface area contributed by atoms with Gasteiger partial charge in [-0.1, -0.05) is 64.3 Å². The third-order valence-corrected chi connectivity index (χ3v) is 8.24. The second-order valence-electron chi connectivity index (χ2n) is 4.71. The number of hydrogen-bond donors (Lipinski definition) is 0. The average Bonchev–Trinajstić information content (AvgIpc) is 2.41. The average molecular weight is 327 g/mol. The van der Waals surface area contributed by atoms with E-state index in [0.29, 0.717) is 0 Å². The van der Waals surface area contributed by atoms with Gasteiger partial charge in [0.2, 0.25) is 5.69 Å². The van der Waals surface area contributed by atoms with Crippen LogP contribution in [0, 0.1) is 0 Å². The van der Waals surface area contributed by atoms with E-state index >= 15 is 0 Å². The Morgan fingerprint density at radius 1 is 0.789 bits per heavy atom. The minimum atomic E-state index is -2.08. The Bertz CT molecular complexity index is 221. The Balaban J connectivity index is 4.00. The van der Waals surface area contributed by atoms with Gasteiger partial charge in [0.25, 0.3) is 0 Å². The van der Waals surface area contributed by atoms with E-state index in [0.717, 1.165) is 31.8 Å². The van der Waals surface area contributed by atoms with Gasteiger partial charge in [-0.15, -0.1) is 0 Å². The first-order valence-electron chi connectivity index (χ1n) is 7.72. The molecule has 0 radical (unpaired) electrons. The third kappa shape index (κ3) is 12.4. The summed E-state index contributed by atoms with van der Waals surface area (Å²) in [5, 5.41) is 0. The lowest BCUT2D eigenvalue weighted by Gasteiger charge is -2.21. The summed E-state index contributed by atoms with van der Waals surface area (Å²) in [6, 6.07) is 0. The maximum atomic E-state index is 5.93.